The molecule has 128 valence electrons. The number of nitrogens with zero attached hydrogens (tertiary/aromatic N) is 2. The van der Waals surface area contributed by atoms with Crippen LogP contribution in [-0.2, 0) is 6.54 Å². The minimum absolute atomic E-state index is 0. The number of carbonyl (C=O) groups is 1. The topological polar surface area (TPSA) is 72.9 Å². The Labute approximate surface area is 147 Å². The fourth-order valence-corrected chi connectivity index (χ4v) is 2.90. The molecular weight excluding hydrogens is 324 g/mol. The maximum Gasteiger partial charge on any atom is 0.269 e. The van der Waals surface area contributed by atoms with Crippen LogP contribution in [0.2, 0.25) is 0 Å². The van der Waals surface area contributed by atoms with Crippen molar-refractivity contribution in [3.05, 3.63) is 42.2 Å². The maximum atomic E-state index is 12.1. The van der Waals surface area contributed by atoms with Crippen LogP contribution in [0.5, 0.6) is 0 Å². The number of para-hydroxylation sites is 1. The lowest BCUT2D eigenvalue weighted by Crippen LogP contribution is -2.29. The first kappa shape index (κ1) is 18.2. The summed E-state index contributed by atoms with van der Waals surface area (Å²) in [7, 11) is 0. The van der Waals surface area contributed by atoms with Gasteiger partial charge in [-0.1, -0.05) is 31.5 Å². The Morgan fingerprint density at radius 3 is 2.79 bits per heavy atom. The Kier molecular flexibility index (Phi) is 6.17. The summed E-state index contributed by atoms with van der Waals surface area (Å²) in [4.78, 5) is 16.5. The van der Waals surface area contributed by atoms with E-state index in [0.717, 1.165) is 35.7 Å². The quantitative estimate of drug-likeness (QED) is 0.720. The van der Waals surface area contributed by atoms with Gasteiger partial charge in [0, 0.05) is 35.9 Å². The monoisotopic (exact) mass is 346 g/mol. The molecule has 0 aliphatic carbocycles. The number of nitrogens with two attached hydrogens (primary N) is 1. The lowest BCUT2D eigenvalue weighted by atomic mass is 10.1. The van der Waals surface area contributed by atoms with Crippen molar-refractivity contribution in [1.29, 1.82) is 0 Å². The molecule has 0 bridgehead atoms. The number of amides is 1. The van der Waals surface area contributed by atoms with Crippen LogP contribution in [0.4, 0.5) is 0 Å². The number of aryl methyl sites for hydroxylation is 1. The average molecular weight is 347 g/mol. The number of fused-ring (bicyclic) bond motifs is 3. The van der Waals surface area contributed by atoms with Crippen molar-refractivity contribution in [2.24, 2.45) is 5.73 Å². The molecule has 0 atom stereocenters. The second-order valence-corrected chi connectivity index (χ2v) is 5.65. The number of unbranched alkanes of at least 4 members (excludes halogenated alkanes) is 1. The molecule has 3 aromatic rings. The highest BCUT2D eigenvalue weighted by atomic mass is 35.5. The molecule has 1 aromatic carbocycles. The molecule has 0 aliphatic heterocycles. The molecule has 0 saturated carbocycles. The van der Waals surface area contributed by atoms with Gasteiger partial charge >= 0.3 is 0 Å². The molecular formula is C18H23ClN4O. The number of rotatable bonds is 6. The largest absolute Gasteiger partial charge is 0.349 e. The van der Waals surface area contributed by atoms with Crippen LogP contribution in [0.3, 0.4) is 0 Å². The summed E-state index contributed by atoms with van der Waals surface area (Å²) in [5.74, 6) is -0.178. The van der Waals surface area contributed by atoms with E-state index in [-0.39, 0.29) is 18.3 Å². The average Bonchev–Trinajstić information content (AvgIpc) is 2.91. The van der Waals surface area contributed by atoms with Crippen LogP contribution in [0.25, 0.3) is 21.8 Å². The van der Waals surface area contributed by atoms with Crippen LogP contribution in [0.15, 0.2) is 36.5 Å². The molecule has 0 spiro atoms. The number of pyridine rings is 1. The molecule has 3 N–H and O–H groups in total. The zero-order valence-electron chi connectivity index (χ0n) is 13.8. The number of halogens is 1. The van der Waals surface area contributed by atoms with E-state index in [2.05, 4.69) is 33.9 Å². The SMILES string of the molecule is CCCCn1c2ccccc2c2cc(C(=O)NCCN)ncc21.Cl. The van der Waals surface area contributed by atoms with Gasteiger partial charge in [0.2, 0.25) is 0 Å². The van der Waals surface area contributed by atoms with Crippen molar-refractivity contribution >= 4 is 40.1 Å². The minimum Gasteiger partial charge on any atom is -0.349 e. The zero-order chi connectivity index (χ0) is 16.2. The molecule has 0 radical (unpaired) electrons. The van der Waals surface area contributed by atoms with Crippen molar-refractivity contribution in [1.82, 2.24) is 14.9 Å². The van der Waals surface area contributed by atoms with Crippen molar-refractivity contribution in [2.45, 2.75) is 26.3 Å². The summed E-state index contributed by atoms with van der Waals surface area (Å²) < 4.78 is 2.29. The first-order valence-electron chi connectivity index (χ1n) is 8.11. The molecule has 0 unspecified atom stereocenters. The van der Waals surface area contributed by atoms with E-state index in [1.165, 1.54) is 5.52 Å². The smallest absolute Gasteiger partial charge is 0.269 e. The van der Waals surface area contributed by atoms with Gasteiger partial charge in [0.15, 0.2) is 0 Å². The van der Waals surface area contributed by atoms with E-state index in [9.17, 15) is 4.79 Å². The predicted octanol–water partition coefficient (Wildman–Crippen LogP) is 3.10. The molecule has 1 amide bonds. The second kappa shape index (κ2) is 8.13. The standard InChI is InChI=1S/C18H22N4O.ClH/c1-2-3-10-22-16-7-5-4-6-13(16)14-11-15(21-12-17(14)22)18(23)20-9-8-19;/h4-7,11-12H,2-3,8-10,19H2,1H3,(H,20,23);1H. The number of nitrogens with one attached hydrogen (secondary N) is 1. The van der Waals surface area contributed by atoms with Gasteiger partial charge in [0.05, 0.1) is 11.7 Å². The second-order valence-electron chi connectivity index (χ2n) is 5.65. The fraction of sp³-hybridized carbons (Fsp3) is 0.333. The highest BCUT2D eigenvalue weighted by Gasteiger charge is 2.14. The van der Waals surface area contributed by atoms with E-state index in [1.54, 1.807) is 0 Å². The Balaban J connectivity index is 0.00000208. The number of hydrogen-bond acceptors (Lipinski definition) is 3. The Bertz CT molecular complexity index is 844. The highest BCUT2D eigenvalue weighted by molar-refractivity contribution is 6.09. The molecule has 2 heterocycles. The van der Waals surface area contributed by atoms with Gasteiger partial charge in [-0.25, -0.2) is 4.98 Å². The Morgan fingerprint density at radius 1 is 1.25 bits per heavy atom. The van der Waals surface area contributed by atoms with Gasteiger partial charge < -0.3 is 15.6 Å². The zero-order valence-corrected chi connectivity index (χ0v) is 14.6. The van der Waals surface area contributed by atoms with Crippen molar-refractivity contribution in [3.8, 4) is 0 Å². The summed E-state index contributed by atoms with van der Waals surface area (Å²) >= 11 is 0. The van der Waals surface area contributed by atoms with Crippen LogP contribution in [0, 0.1) is 0 Å². The lowest BCUT2D eigenvalue weighted by Gasteiger charge is -2.06. The van der Waals surface area contributed by atoms with E-state index < -0.39 is 0 Å². The third kappa shape index (κ3) is 3.37. The molecule has 0 fully saturated rings. The maximum absolute atomic E-state index is 12.1. The summed E-state index contributed by atoms with van der Waals surface area (Å²) in [6.45, 7) is 4.02. The van der Waals surface area contributed by atoms with Crippen LogP contribution in [-0.4, -0.2) is 28.5 Å². The molecule has 3 rings (SSSR count). The number of carbonyl (C=O) groups excluding carboxylic acids is 1. The third-order valence-electron chi connectivity index (χ3n) is 4.06. The van der Waals surface area contributed by atoms with E-state index in [1.807, 2.05) is 24.4 Å². The van der Waals surface area contributed by atoms with Gasteiger partial charge in [0.25, 0.3) is 5.91 Å². The predicted molar refractivity (Wildman–Crippen MR) is 101 cm³/mol. The van der Waals surface area contributed by atoms with Crippen LogP contribution >= 0.6 is 12.4 Å². The first-order chi connectivity index (χ1) is 11.3. The van der Waals surface area contributed by atoms with E-state index in [4.69, 9.17) is 5.73 Å². The van der Waals surface area contributed by atoms with Gasteiger partial charge in [-0.15, -0.1) is 12.4 Å². The molecule has 0 saturated heterocycles. The van der Waals surface area contributed by atoms with E-state index in [0.29, 0.717) is 18.8 Å². The molecule has 5 nitrogen and oxygen atoms in total. The lowest BCUT2D eigenvalue weighted by molar-refractivity contribution is 0.0950. The Morgan fingerprint density at radius 2 is 2.04 bits per heavy atom. The van der Waals surface area contributed by atoms with Crippen LogP contribution < -0.4 is 11.1 Å². The number of hydrogen-bond donors (Lipinski definition) is 2. The highest BCUT2D eigenvalue weighted by Crippen LogP contribution is 2.29. The molecule has 0 aliphatic rings. The first-order valence-corrected chi connectivity index (χ1v) is 8.11. The van der Waals surface area contributed by atoms with Gasteiger partial charge in [-0.05, 0) is 18.6 Å². The number of aromatic nitrogens is 2. The summed E-state index contributed by atoms with van der Waals surface area (Å²) in [5.41, 5.74) is 8.14. The molecule has 6 heteroatoms. The number of benzene rings is 1. The van der Waals surface area contributed by atoms with Gasteiger partial charge in [-0.2, -0.15) is 0 Å². The molecule has 24 heavy (non-hydrogen) atoms. The van der Waals surface area contributed by atoms with E-state index >= 15 is 0 Å². The molecule has 2 aromatic heterocycles. The van der Waals surface area contributed by atoms with Crippen molar-refractivity contribution in [3.63, 3.8) is 0 Å². The summed E-state index contributed by atoms with van der Waals surface area (Å²) in [5, 5.41) is 5.00. The van der Waals surface area contributed by atoms with Crippen molar-refractivity contribution in [2.75, 3.05) is 13.1 Å². The van der Waals surface area contributed by atoms with Gasteiger partial charge in [-0.3, -0.25) is 4.79 Å². The fourth-order valence-electron chi connectivity index (χ4n) is 2.90. The summed E-state index contributed by atoms with van der Waals surface area (Å²) in [6, 6.07) is 10.2. The third-order valence-corrected chi connectivity index (χ3v) is 4.06. The van der Waals surface area contributed by atoms with Crippen LogP contribution in [0.1, 0.15) is 30.3 Å². The minimum atomic E-state index is -0.178. The van der Waals surface area contributed by atoms with Crippen molar-refractivity contribution < 1.29 is 4.79 Å². The normalized spacial score (nSPS) is 10.8. The van der Waals surface area contributed by atoms with Gasteiger partial charge in [0.1, 0.15) is 5.69 Å². The summed E-state index contributed by atoms with van der Waals surface area (Å²) in [6.07, 6.45) is 4.07. The Hall–Kier alpha value is -2.11.